The van der Waals surface area contributed by atoms with Gasteiger partial charge >= 0.3 is 12.1 Å². The monoisotopic (exact) mass is 397 g/mol. The van der Waals surface area contributed by atoms with Crippen molar-refractivity contribution < 1.29 is 23.1 Å². The second-order valence-corrected chi connectivity index (χ2v) is 6.33. The zero-order chi connectivity index (χ0) is 20.9. The number of anilines is 2. The molecule has 0 fully saturated rings. The number of carboxylic acid groups (broad SMARTS) is 1. The number of likely N-dealkylation sites (N-methyl/N-ethyl adjacent to an activating group) is 1. The molecule has 7 nitrogen and oxygen atoms in total. The van der Waals surface area contributed by atoms with E-state index in [4.69, 9.17) is 9.90 Å². The van der Waals surface area contributed by atoms with Crippen LogP contribution in [-0.2, 0) is 17.8 Å². The molecule has 1 aliphatic heterocycles. The Kier molecular flexibility index (Phi) is 6.76. The summed E-state index contributed by atoms with van der Waals surface area (Å²) in [7, 11) is 2.09. The molecule has 0 aromatic carbocycles. The van der Waals surface area contributed by atoms with Crippen LogP contribution in [-0.4, -0.2) is 52.3 Å². The third kappa shape index (κ3) is 5.54. The number of nitrogens with zero attached hydrogens (tertiary/aromatic N) is 5. The molecule has 0 aliphatic carbocycles. The van der Waals surface area contributed by atoms with Crippen LogP contribution in [0, 0.1) is 6.92 Å². The lowest BCUT2D eigenvalue weighted by Crippen LogP contribution is -2.30. The third-order valence-electron chi connectivity index (χ3n) is 4.15. The first-order valence-corrected chi connectivity index (χ1v) is 8.65. The number of pyridine rings is 1. The maximum atomic E-state index is 10.6. The molecule has 152 valence electrons. The Bertz CT molecular complexity index is 812. The summed E-state index contributed by atoms with van der Waals surface area (Å²) in [5, 5.41) is 7.12. The summed E-state index contributed by atoms with van der Waals surface area (Å²) in [6.07, 6.45) is -0.272. The number of hydrogen-bond acceptors (Lipinski definition) is 6. The van der Waals surface area contributed by atoms with Crippen molar-refractivity contribution in [3.63, 3.8) is 0 Å². The van der Waals surface area contributed by atoms with Gasteiger partial charge in [0.1, 0.15) is 5.82 Å². The molecule has 2 aromatic rings. The Morgan fingerprint density at radius 3 is 2.36 bits per heavy atom. The molecule has 1 aliphatic rings. The molecule has 0 atom stereocenters. The molecule has 3 rings (SSSR count). The van der Waals surface area contributed by atoms with Gasteiger partial charge < -0.3 is 14.9 Å². The average molecular weight is 397 g/mol. The van der Waals surface area contributed by atoms with Crippen LogP contribution >= 0.6 is 0 Å². The Morgan fingerprint density at radius 1 is 1.21 bits per heavy atom. The number of aryl methyl sites for hydroxylation is 2. The highest BCUT2D eigenvalue weighted by Crippen LogP contribution is 2.24. The number of alkyl halides is 3. The third-order valence-corrected chi connectivity index (χ3v) is 4.15. The summed E-state index contributed by atoms with van der Waals surface area (Å²) in [4.78, 5) is 27.0. The van der Waals surface area contributed by atoms with Gasteiger partial charge in [0.15, 0.2) is 0 Å². The van der Waals surface area contributed by atoms with Crippen LogP contribution in [0.15, 0.2) is 24.5 Å². The number of carboxylic acids is 1. The summed E-state index contributed by atoms with van der Waals surface area (Å²) in [6.45, 7) is 6.77. The second-order valence-electron chi connectivity index (χ2n) is 6.33. The fourth-order valence-electron chi connectivity index (χ4n) is 2.55. The molecule has 1 N–H and O–H groups in total. The second kappa shape index (κ2) is 8.85. The minimum absolute atomic E-state index is 0.800. The minimum atomic E-state index is -5.08. The van der Waals surface area contributed by atoms with Crippen molar-refractivity contribution in [2.24, 2.45) is 0 Å². The van der Waals surface area contributed by atoms with Crippen LogP contribution in [0.2, 0.25) is 0 Å². The van der Waals surface area contributed by atoms with Crippen molar-refractivity contribution in [3.05, 3.63) is 41.3 Å². The number of hydrogen-bond donors (Lipinski definition) is 1. The first-order chi connectivity index (χ1) is 13.1. The Morgan fingerprint density at radius 2 is 1.82 bits per heavy atom. The summed E-state index contributed by atoms with van der Waals surface area (Å²) in [6, 6.07) is 4.23. The predicted octanol–water partition coefficient (Wildman–Crippen LogP) is 2.83. The van der Waals surface area contributed by atoms with Crippen LogP contribution in [0.1, 0.15) is 23.7 Å². The van der Waals surface area contributed by atoms with E-state index in [0.29, 0.717) is 0 Å². The van der Waals surface area contributed by atoms with Crippen molar-refractivity contribution in [2.45, 2.75) is 33.0 Å². The van der Waals surface area contributed by atoms with Gasteiger partial charge in [0.05, 0.1) is 0 Å². The van der Waals surface area contributed by atoms with E-state index in [9.17, 15) is 13.2 Å². The molecule has 3 heterocycles. The van der Waals surface area contributed by atoms with Crippen LogP contribution in [0.3, 0.4) is 0 Å². The van der Waals surface area contributed by atoms with Crippen LogP contribution in [0.25, 0.3) is 0 Å². The highest BCUT2D eigenvalue weighted by molar-refractivity contribution is 5.73. The average Bonchev–Trinajstić information content (AvgIpc) is 2.81. The number of carbonyl (C=O) groups is 1. The van der Waals surface area contributed by atoms with Crippen molar-refractivity contribution in [1.29, 1.82) is 0 Å². The normalized spacial score (nSPS) is 13.9. The number of rotatable bonds is 2. The topological polar surface area (TPSA) is 82.5 Å². The van der Waals surface area contributed by atoms with E-state index in [2.05, 4.69) is 50.9 Å². The molecule has 28 heavy (non-hydrogen) atoms. The summed E-state index contributed by atoms with van der Waals surface area (Å²) < 4.78 is 31.7. The molecular formula is C18H22F3N5O2. The number of aromatic nitrogens is 3. The van der Waals surface area contributed by atoms with Crippen molar-refractivity contribution in [2.75, 3.05) is 29.9 Å². The first-order valence-electron chi connectivity index (χ1n) is 8.65. The van der Waals surface area contributed by atoms with Gasteiger partial charge in [-0.15, -0.1) is 0 Å². The number of halogens is 3. The maximum absolute atomic E-state index is 10.6. The molecule has 0 spiro atoms. The van der Waals surface area contributed by atoms with Crippen LogP contribution < -0.4 is 9.80 Å². The van der Waals surface area contributed by atoms with E-state index in [0.717, 1.165) is 43.5 Å². The Hall–Kier alpha value is -2.91. The molecule has 0 saturated heterocycles. The van der Waals surface area contributed by atoms with Gasteiger partial charge in [-0.05, 0) is 25.0 Å². The maximum Gasteiger partial charge on any atom is 0.490 e. The SMILES string of the molecule is CCc1cnc(N2CCN(C)c3nc(C)ccc3C2)nc1.O=C(O)C(F)(F)F. The quantitative estimate of drug-likeness (QED) is 0.834. The zero-order valence-electron chi connectivity index (χ0n) is 15.9. The molecule has 0 saturated carbocycles. The standard InChI is InChI=1S/C16H21N5.C2HF3O2/c1-4-13-9-17-16(18-10-13)21-8-7-20(3)15-14(11-21)6-5-12(2)19-15;3-2(4,5)1(6)7/h5-6,9-10H,4,7-8,11H2,1-3H3;(H,6,7). The van der Waals surface area contributed by atoms with Gasteiger partial charge in [-0.25, -0.2) is 19.7 Å². The lowest BCUT2D eigenvalue weighted by Gasteiger charge is -2.20. The fraction of sp³-hybridized carbons (Fsp3) is 0.444. The van der Waals surface area contributed by atoms with E-state index in [-0.39, 0.29) is 0 Å². The molecule has 0 unspecified atom stereocenters. The highest BCUT2D eigenvalue weighted by atomic mass is 19.4. The van der Waals surface area contributed by atoms with Gasteiger partial charge in [-0.1, -0.05) is 13.0 Å². The van der Waals surface area contributed by atoms with Crippen LogP contribution in [0.4, 0.5) is 24.9 Å². The van der Waals surface area contributed by atoms with E-state index in [1.165, 1.54) is 11.1 Å². The lowest BCUT2D eigenvalue weighted by molar-refractivity contribution is -0.192. The van der Waals surface area contributed by atoms with Crippen molar-refractivity contribution in [1.82, 2.24) is 15.0 Å². The zero-order valence-corrected chi connectivity index (χ0v) is 15.9. The van der Waals surface area contributed by atoms with E-state index in [1.807, 2.05) is 19.3 Å². The molecule has 0 amide bonds. The van der Waals surface area contributed by atoms with E-state index < -0.39 is 12.1 Å². The first kappa shape index (κ1) is 21.4. The summed E-state index contributed by atoms with van der Waals surface area (Å²) in [5.41, 5.74) is 3.45. The van der Waals surface area contributed by atoms with Gasteiger partial charge in [-0.2, -0.15) is 13.2 Å². The smallest absolute Gasteiger partial charge is 0.475 e. The van der Waals surface area contributed by atoms with Crippen molar-refractivity contribution in [3.8, 4) is 0 Å². The summed E-state index contributed by atoms with van der Waals surface area (Å²) in [5.74, 6) is -0.885. The van der Waals surface area contributed by atoms with Gasteiger partial charge in [0.25, 0.3) is 0 Å². The highest BCUT2D eigenvalue weighted by Gasteiger charge is 2.38. The molecule has 0 bridgehead atoms. The Labute approximate surface area is 160 Å². The molecular weight excluding hydrogens is 375 g/mol. The molecule has 10 heteroatoms. The van der Waals surface area contributed by atoms with E-state index >= 15 is 0 Å². The number of fused-ring (bicyclic) bond motifs is 1. The van der Waals surface area contributed by atoms with Crippen molar-refractivity contribution >= 4 is 17.7 Å². The Balaban J connectivity index is 0.000000345. The molecule has 2 aromatic heterocycles. The minimum Gasteiger partial charge on any atom is -0.475 e. The van der Waals surface area contributed by atoms with E-state index in [1.54, 1.807) is 0 Å². The fourth-order valence-corrected chi connectivity index (χ4v) is 2.55. The van der Waals surface area contributed by atoms with Gasteiger partial charge in [0.2, 0.25) is 5.95 Å². The largest absolute Gasteiger partial charge is 0.490 e. The van der Waals surface area contributed by atoms with Gasteiger partial charge in [-0.3, -0.25) is 0 Å². The predicted molar refractivity (Wildman–Crippen MR) is 98.4 cm³/mol. The lowest BCUT2D eigenvalue weighted by atomic mass is 10.2. The number of aliphatic carboxylic acids is 1. The molecule has 0 radical (unpaired) electrons. The summed E-state index contributed by atoms with van der Waals surface area (Å²) >= 11 is 0. The van der Waals surface area contributed by atoms with Gasteiger partial charge in [0, 0.05) is 50.3 Å². The van der Waals surface area contributed by atoms with Crippen LogP contribution in [0.5, 0.6) is 0 Å².